The minimum Gasteiger partial charge on any atom is -0.479 e. The van der Waals surface area contributed by atoms with Gasteiger partial charge >= 0.3 is 0 Å². The fraction of sp³-hybridized carbons (Fsp3) is 0.125. The van der Waals surface area contributed by atoms with Gasteiger partial charge in [-0.25, -0.2) is 4.39 Å². The summed E-state index contributed by atoms with van der Waals surface area (Å²) < 4.78 is 19.0. The van der Waals surface area contributed by atoms with Crippen molar-refractivity contribution in [1.82, 2.24) is 0 Å². The fourth-order valence-corrected chi connectivity index (χ4v) is 1.80. The number of carbonyl (C=O) groups excluding carboxylic acids is 1. The smallest absolute Gasteiger partial charge is 0.258 e. The molecule has 2 aromatic carbocycles. The maximum atomic E-state index is 13.9. The Bertz CT molecular complexity index is 708. The van der Waals surface area contributed by atoms with Crippen LogP contribution in [0, 0.1) is 24.1 Å². The largest absolute Gasteiger partial charge is 0.479 e. The molecule has 0 unspecified atom stereocenters. The molecule has 0 bridgehead atoms. The van der Waals surface area contributed by atoms with E-state index in [1.807, 2.05) is 6.07 Å². The van der Waals surface area contributed by atoms with Crippen LogP contribution in [0.4, 0.5) is 10.1 Å². The zero-order chi connectivity index (χ0) is 15.2. The summed E-state index contributed by atoms with van der Waals surface area (Å²) in [6.07, 6.45) is 0. The van der Waals surface area contributed by atoms with Crippen molar-refractivity contribution in [2.75, 3.05) is 11.9 Å². The Morgan fingerprint density at radius 2 is 2.10 bits per heavy atom. The van der Waals surface area contributed by atoms with Crippen molar-refractivity contribution in [3.8, 4) is 11.8 Å². The summed E-state index contributed by atoms with van der Waals surface area (Å²) in [6.45, 7) is 1.52. The van der Waals surface area contributed by atoms with Gasteiger partial charge in [0.15, 0.2) is 6.61 Å². The van der Waals surface area contributed by atoms with Crippen LogP contribution in [0.1, 0.15) is 15.9 Å². The number of nitrogens with zero attached hydrogens (tertiary/aromatic N) is 1. The lowest BCUT2D eigenvalue weighted by Crippen LogP contribution is -2.14. The topological polar surface area (TPSA) is 62.1 Å². The highest BCUT2D eigenvalue weighted by atomic mass is 19.1. The van der Waals surface area contributed by atoms with Crippen molar-refractivity contribution in [2.24, 2.45) is 0 Å². The number of hydrogen-bond acceptors (Lipinski definition) is 3. The summed E-state index contributed by atoms with van der Waals surface area (Å²) in [6, 6.07) is 13.1. The molecule has 0 aliphatic carbocycles. The van der Waals surface area contributed by atoms with Gasteiger partial charge in [-0.3, -0.25) is 4.79 Å². The van der Waals surface area contributed by atoms with Crippen molar-refractivity contribution in [3.05, 3.63) is 59.4 Å². The van der Waals surface area contributed by atoms with E-state index in [1.165, 1.54) is 6.07 Å². The molecule has 106 valence electrons. The average molecular weight is 284 g/mol. The maximum absolute atomic E-state index is 13.9. The van der Waals surface area contributed by atoms with E-state index in [0.29, 0.717) is 17.0 Å². The van der Waals surface area contributed by atoms with Gasteiger partial charge in [0.25, 0.3) is 5.91 Å². The molecule has 2 rings (SSSR count). The first kappa shape index (κ1) is 14.5. The van der Waals surface area contributed by atoms with Gasteiger partial charge in [-0.15, -0.1) is 0 Å². The number of amides is 1. The van der Waals surface area contributed by atoms with Crippen molar-refractivity contribution >= 4 is 11.6 Å². The fourth-order valence-electron chi connectivity index (χ4n) is 1.80. The van der Waals surface area contributed by atoms with Gasteiger partial charge in [-0.2, -0.15) is 5.26 Å². The lowest BCUT2D eigenvalue weighted by atomic mass is 10.1. The van der Waals surface area contributed by atoms with E-state index >= 15 is 0 Å². The third-order valence-corrected chi connectivity index (χ3v) is 2.83. The highest BCUT2D eigenvalue weighted by Crippen LogP contribution is 2.19. The van der Waals surface area contributed by atoms with Crippen LogP contribution >= 0.6 is 0 Å². The molecule has 0 aliphatic heterocycles. The molecule has 4 nitrogen and oxygen atoms in total. The van der Waals surface area contributed by atoms with Gasteiger partial charge in [0.2, 0.25) is 0 Å². The van der Waals surface area contributed by atoms with Crippen LogP contribution in [-0.2, 0) is 0 Å². The van der Waals surface area contributed by atoms with E-state index in [9.17, 15) is 9.18 Å². The van der Waals surface area contributed by atoms with Crippen molar-refractivity contribution < 1.29 is 13.9 Å². The molecule has 2 aromatic rings. The number of halogens is 1. The monoisotopic (exact) mass is 284 g/mol. The Morgan fingerprint density at radius 3 is 2.86 bits per heavy atom. The Morgan fingerprint density at radius 1 is 1.33 bits per heavy atom. The number of nitriles is 1. The van der Waals surface area contributed by atoms with Crippen molar-refractivity contribution in [1.29, 1.82) is 5.26 Å². The minimum atomic E-state index is -0.535. The number of benzene rings is 2. The summed E-state index contributed by atoms with van der Waals surface area (Å²) in [5, 5.41) is 11.1. The number of hydrogen-bond donors (Lipinski definition) is 1. The van der Waals surface area contributed by atoms with E-state index in [1.54, 1.807) is 43.3 Å². The molecule has 0 aromatic heterocycles. The standard InChI is InChI=1S/C16H13FN2O2/c1-11-4-2-7-14(15(11)17)16(20)19-12-5-3-6-13(10-12)21-9-8-18/h2-7,10H,9H2,1H3,(H,19,20). The zero-order valence-electron chi connectivity index (χ0n) is 11.4. The molecule has 0 radical (unpaired) electrons. The zero-order valence-corrected chi connectivity index (χ0v) is 11.4. The average Bonchev–Trinajstić information content (AvgIpc) is 2.48. The summed E-state index contributed by atoms with van der Waals surface area (Å²) in [4.78, 5) is 12.1. The number of nitrogens with one attached hydrogen (secondary N) is 1. The van der Waals surface area contributed by atoms with Crippen LogP contribution in [-0.4, -0.2) is 12.5 Å². The predicted octanol–water partition coefficient (Wildman–Crippen LogP) is 3.29. The van der Waals surface area contributed by atoms with E-state index < -0.39 is 11.7 Å². The molecule has 5 heteroatoms. The predicted molar refractivity (Wildman–Crippen MR) is 76.6 cm³/mol. The van der Waals surface area contributed by atoms with E-state index in [2.05, 4.69) is 5.32 Å². The van der Waals surface area contributed by atoms with Crippen LogP contribution < -0.4 is 10.1 Å². The molecule has 0 heterocycles. The summed E-state index contributed by atoms with van der Waals surface area (Å²) >= 11 is 0. The quantitative estimate of drug-likeness (QED) is 0.937. The minimum absolute atomic E-state index is 0.0154. The molecule has 0 saturated heterocycles. The lowest BCUT2D eigenvalue weighted by Gasteiger charge is -2.09. The number of aryl methyl sites for hydroxylation is 1. The summed E-state index contributed by atoms with van der Waals surface area (Å²) in [7, 11) is 0. The van der Waals surface area contributed by atoms with Crippen LogP contribution in [0.25, 0.3) is 0 Å². The second kappa shape index (κ2) is 6.53. The molecule has 0 fully saturated rings. The van der Waals surface area contributed by atoms with E-state index in [0.717, 1.165) is 0 Å². The molecule has 1 amide bonds. The molecule has 1 N–H and O–H groups in total. The Balaban J connectivity index is 2.16. The van der Waals surface area contributed by atoms with Crippen molar-refractivity contribution in [3.63, 3.8) is 0 Å². The first-order valence-corrected chi connectivity index (χ1v) is 6.28. The summed E-state index contributed by atoms with van der Waals surface area (Å²) in [5.41, 5.74) is 0.864. The van der Waals surface area contributed by atoms with Gasteiger partial charge in [-0.1, -0.05) is 18.2 Å². The molecule has 0 atom stereocenters. The number of carbonyl (C=O) groups is 1. The SMILES string of the molecule is Cc1cccc(C(=O)Nc2cccc(OCC#N)c2)c1F. The van der Waals surface area contributed by atoms with E-state index in [-0.39, 0.29) is 12.2 Å². The normalized spacial score (nSPS) is 9.76. The highest BCUT2D eigenvalue weighted by molar-refractivity contribution is 6.04. The number of rotatable bonds is 4. The Kier molecular flexibility index (Phi) is 4.52. The van der Waals surface area contributed by atoms with Gasteiger partial charge in [0.05, 0.1) is 5.56 Å². The maximum Gasteiger partial charge on any atom is 0.258 e. The molecule has 0 spiro atoms. The third-order valence-electron chi connectivity index (χ3n) is 2.83. The molecular weight excluding hydrogens is 271 g/mol. The van der Waals surface area contributed by atoms with Crippen LogP contribution in [0.15, 0.2) is 42.5 Å². The van der Waals surface area contributed by atoms with Crippen LogP contribution in [0.2, 0.25) is 0 Å². The number of anilines is 1. The second-order valence-corrected chi connectivity index (χ2v) is 4.37. The van der Waals surface area contributed by atoms with Gasteiger partial charge in [-0.05, 0) is 30.7 Å². The first-order valence-electron chi connectivity index (χ1n) is 6.28. The number of ether oxygens (including phenoxy) is 1. The molecule has 0 aliphatic rings. The van der Waals surface area contributed by atoms with Gasteiger partial charge in [0.1, 0.15) is 17.6 Å². The van der Waals surface area contributed by atoms with Crippen molar-refractivity contribution in [2.45, 2.75) is 6.92 Å². The van der Waals surface area contributed by atoms with Crippen LogP contribution in [0.5, 0.6) is 5.75 Å². The van der Waals surface area contributed by atoms with E-state index in [4.69, 9.17) is 10.00 Å². The van der Waals surface area contributed by atoms with Crippen LogP contribution in [0.3, 0.4) is 0 Å². The molecule has 0 saturated carbocycles. The Hall–Kier alpha value is -2.87. The summed E-state index contributed by atoms with van der Waals surface area (Å²) in [5.74, 6) is -0.611. The third kappa shape index (κ3) is 3.57. The molecular formula is C16H13FN2O2. The molecule has 21 heavy (non-hydrogen) atoms. The second-order valence-electron chi connectivity index (χ2n) is 4.37. The van der Waals surface area contributed by atoms with Gasteiger partial charge < -0.3 is 10.1 Å². The Labute approximate surface area is 121 Å². The van der Waals surface area contributed by atoms with Gasteiger partial charge in [0, 0.05) is 11.8 Å². The first-order chi connectivity index (χ1) is 10.1. The highest BCUT2D eigenvalue weighted by Gasteiger charge is 2.13. The lowest BCUT2D eigenvalue weighted by molar-refractivity contribution is 0.102.